The van der Waals surface area contributed by atoms with Gasteiger partial charge in [-0.15, -0.1) is 0 Å². The lowest BCUT2D eigenvalue weighted by Crippen LogP contribution is -2.33. The first-order chi connectivity index (χ1) is 8.52. The molecule has 0 saturated heterocycles. The van der Waals surface area contributed by atoms with Gasteiger partial charge in [0.05, 0.1) is 17.4 Å². The molecule has 0 fully saturated rings. The molecular weight excluding hydrogens is 296 g/mol. The summed E-state index contributed by atoms with van der Waals surface area (Å²) < 4.78 is 4.05. The Balaban J connectivity index is 2.44. The highest BCUT2D eigenvalue weighted by Gasteiger charge is 2.31. The van der Waals surface area contributed by atoms with E-state index in [2.05, 4.69) is 25.9 Å². The third-order valence-electron chi connectivity index (χ3n) is 3.46. The van der Waals surface area contributed by atoms with Gasteiger partial charge in [-0.25, -0.2) is 14.0 Å². The summed E-state index contributed by atoms with van der Waals surface area (Å²) in [6.45, 7) is 2.04. The topological polar surface area (TPSA) is 43.1 Å². The van der Waals surface area contributed by atoms with Crippen LogP contribution in [0.5, 0.6) is 0 Å². The normalized spacial score (nSPS) is 17.6. The van der Waals surface area contributed by atoms with Crippen LogP contribution in [0, 0.1) is 0 Å². The SMILES string of the molecule is CC1c2nn(C)c(=O)n2-c2cccc(Br)c2N1C. The Bertz CT molecular complexity index is 688. The molecule has 0 bridgehead atoms. The van der Waals surface area contributed by atoms with Crippen LogP contribution in [0.1, 0.15) is 18.8 Å². The molecule has 0 N–H and O–H groups in total. The molecule has 94 valence electrons. The summed E-state index contributed by atoms with van der Waals surface area (Å²) in [5.41, 5.74) is 1.79. The molecule has 1 atom stereocenters. The molecule has 1 aliphatic rings. The minimum Gasteiger partial charge on any atom is -0.362 e. The second kappa shape index (κ2) is 3.71. The molecule has 1 aromatic carbocycles. The highest BCUT2D eigenvalue weighted by molar-refractivity contribution is 9.10. The van der Waals surface area contributed by atoms with E-state index in [-0.39, 0.29) is 11.7 Å². The number of halogens is 1. The molecule has 0 amide bonds. The molecule has 0 spiro atoms. The average Bonchev–Trinajstić information content (AvgIpc) is 2.63. The van der Waals surface area contributed by atoms with Crippen molar-refractivity contribution < 1.29 is 0 Å². The number of aromatic nitrogens is 3. The number of fused-ring (bicyclic) bond motifs is 3. The lowest BCUT2D eigenvalue weighted by atomic mass is 10.1. The molecule has 2 heterocycles. The Hall–Kier alpha value is -1.56. The summed E-state index contributed by atoms with van der Waals surface area (Å²) in [5, 5.41) is 4.32. The van der Waals surface area contributed by atoms with Gasteiger partial charge >= 0.3 is 5.69 Å². The summed E-state index contributed by atoms with van der Waals surface area (Å²) in [6, 6.07) is 5.91. The van der Waals surface area contributed by atoms with Crippen LogP contribution in [-0.4, -0.2) is 21.4 Å². The number of hydrogen-bond acceptors (Lipinski definition) is 3. The highest BCUT2D eigenvalue weighted by Crippen LogP contribution is 2.40. The van der Waals surface area contributed by atoms with Gasteiger partial charge in [-0.1, -0.05) is 6.07 Å². The highest BCUT2D eigenvalue weighted by atomic mass is 79.9. The second-order valence-electron chi connectivity index (χ2n) is 4.49. The lowest BCUT2D eigenvalue weighted by molar-refractivity contribution is 0.631. The van der Waals surface area contributed by atoms with E-state index in [0.717, 1.165) is 21.7 Å². The zero-order valence-electron chi connectivity index (χ0n) is 10.4. The minimum absolute atomic E-state index is 0.0603. The number of hydrogen-bond donors (Lipinski definition) is 0. The second-order valence-corrected chi connectivity index (χ2v) is 5.35. The Morgan fingerprint density at radius 1 is 1.33 bits per heavy atom. The fourth-order valence-corrected chi connectivity index (χ4v) is 3.02. The molecule has 5 nitrogen and oxygen atoms in total. The number of benzene rings is 1. The fourth-order valence-electron chi connectivity index (χ4n) is 2.38. The largest absolute Gasteiger partial charge is 0.362 e. The van der Waals surface area contributed by atoms with Gasteiger partial charge in [-0.3, -0.25) is 0 Å². The maximum absolute atomic E-state index is 12.2. The Morgan fingerprint density at radius 2 is 2.06 bits per heavy atom. The van der Waals surface area contributed by atoms with Gasteiger partial charge in [0, 0.05) is 18.6 Å². The van der Waals surface area contributed by atoms with Crippen molar-refractivity contribution >= 4 is 21.6 Å². The number of para-hydroxylation sites is 1. The van der Waals surface area contributed by atoms with Crippen molar-refractivity contribution in [3.63, 3.8) is 0 Å². The summed E-state index contributed by atoms with van der Waals surface area (Å²) in [5.74, 6) is 0.774. The van der Waals surface area contributed by atoms with E-state index >= 15 is 0 Å². The van der Waals surface area contributed by atoms with Gasteiger partial charge in [0.1, 0.15) is 0 Å². The van der Waals surface area contributed by atoms with Crippen molar-refractivity contribution in [1.29, 1.82) is 0 Å². The molecule has 0 aliphatic carbocycles. The zero-order chi connectivity index (χ0) is 13.0. The lowest BCUT2D eigenvalue weighted by Gasteiger charge is -2.33. The predicted molar refractivity (Wildman–Crippen MR) is 73.3 cm³/mol. The molecule has 1 aromatic heterocycles. The van der Waals surface area contributed by atoms with Crippen LogP contribution in [0.4, 0.5) is 5.69 Å². The molecule has 1 aliphatic heterocycles. The van der Waals surface area contributed by atoms with Gasteiger partial charge in [0.15, 0.2) is 5.82 Å². The van der Waals surface area contributed by atoms with Gasteiger partial charge in [0.2, 0.25) is 0 Å². The summed E-state index contributed by atoms with van der Waals surface area (Å²) >= 11 is 3.55. The van der Waals surface area contributed by atoms with Crippen molar-refractivity contribution in [2.45, 2.75) is 13.0 Å². The van der Waals surface area contributed by atoms with Crippen molar-refractivity contribution in [1.82, 2.24) is 14.3 Å². The van der Waals surface area contributed by atoms with Crippen LogP contribution in [-0.2, 0) is 7.05 Å². The van der Waals surface area contributed by atoms with Crippen molar-refractivity contribution in [2.24, 2.45) is 7.05 Å². The van der Waals surface area contributed by atoms with E-state index in [9.17, 15) is 4.79 Å². The van der Waals surface area contributed by atoms with E-state index in [1.807, 2.05) is 32.2 Å². The van der Waals surface area contributed by atoms with E-state index < -0.39 is 0 Å². The number of anilines is 1. The fraction of sp³-hybridized carbons (Fsp3) is 0.333. The number of aryl methyl sites for hydroxylation is 1. The van der Waals surface area contributed by atoms with Crippen LogP contribution < -0.4 is 10.6 Å². The molecule has 6 heteroatoms. The van der Waals surface area contributed by atoms with Crippen LogP contribution in [0.25, 0.3) is 5.69 Å². The Morgan fingerprint density at radius 3 is 2.78 bits per heavy atom. The maximum Gasteiger partial charge on any atom is 0.350 e. The van der Waals surface area contributed by atoms with Crippen LogP contribution in [0.3, 0.4) is 0 Å². The number of nitrogens with zero attached hydrogens (tertiary/aromatic N) is 4. The molecule has 0 saturated carbocycles. The first kappa shape index (κ1) is 11.5. The smallest absolute Gasteiger partial charge is 0.350 e. The van der Waals surface area contributed by atoms with Crippen molar-refractivity contribution in [3.8, 4) is 5.69 Å². The molecule has 1 unspecified atom stereocenters. The Labute approximate surface area is 113 Å². The van der Waals surface area contributed by atoms with Crippen LogP contribution in [0.2, 0.25) is 0 Å². The van der Waals surface area contributed by atoms with Gasteiger partial charge < -0.3 is 4.90 Å². The van der Waals surface area contributed by atoms with Gasteiger partial charge in [-0.2, -0.15) is 5.10 Å². The van der Waals surface area contributed by atoms with Crippen molar-refractivity contribution in [3.05, 3.63) is 39.0 Å². The zero-order valence-corrected chi connectivity index (χ0v) is 12.0. The average molecular weight is 309 g/mol. The quantitative estimate of drug-likeness (QED) is 0.746. The van der Waals surface area contributed by atoms with Crippen LogP contribution >= 0.6 is 15.9 Å². The van der Waals surface area contributed by atoms with E-state index in [0.29, 0.717) is 0 Å². The molecule has 3 rings (SSSR count). The Kier molecular flexibility index (Phi) is 2.38. The summed E-state index contributed by atoms with van der Waals surface area (Å²) in [4.78, 5) is 14.3. The van der Waals surface area contributed by atoms with Gasteiger partial charge in [-0.05, 0) is 35.0 Å². The minimum atomic E-state index is -0.107. The third kappa shape index (κ3) is 1.32. The first-order valence-electron chi connectivity index (χ1n) is 5.70. The predicted octanol–water partition coefficient (Wildman–Crippen LogP) is 1.84. The molecule has 0 radical (unpaired) electrons. The van der Waals surface area contributed by atoms with E-state index in [1.165, 1.54) is 4.68 Å². The monoisotopic (exact) mass is 308 g/mol. The third-order valence-corrected chi connectivity index (χ3v) is 4.10. The van der Waals surface area contributed by atoms with Crippen LogP contribution in [0.15, 0.2) is 27.5 Å². The first-order valence-corrected chi connectivity index (χ1v) is 6.49. The molecule has 2 aromatic rings. The maximum atomic E-state index is 12.2. The summed E-state index contributed by atoms with van der Waals surface area (Å²) in [7, 11) is 3.69. The van der Waals surface area contributed by atoms with Gasteiger partial charge in [0.25, 0.3) is 0 Å². The standard InChI is InChI=1S/C12H13BrN4O/c1-7-11-14-16(3)12(18)17(11)9-6-4-5-8(13)10(9)15(7)2/h4-7H,1-3H3. The number of rotatable bonds is 0. The van der Waals surface area contributed by atoms with E-state index in [1.54, 1.807) is 11.6 Å². The summed E-state index contributed by atoms with van der Waals surface area (Å²) in [6.07, 6.45) is 0. The molecule has 18 heavy (non-hydrogen) atoms. The molecular formula is C12H13BrN4O. The van der Waals surface area contributed by atoms with Crippen molar-refractivity contribution in [2.75, 3.05) is 11.9 Å². The van der Waals surface area contributed by atoms with E-state index in [4.69, 9.17) is 0 Å².